The second kappa shape index (κ2) is 8.01. The van der Waals surface area contributed by atoms with Gasteiger partial charge in [0.05, 0.1) is 16.2 Å². The second-order valence-electron chi connectivity index (χ2n) is 4.09. The maximum atomic E-state index is 12.5. The summed E-state index contributed by atoms with van der Waals surface area (Å²) in [5.74, 6) is -0.903. The molecule has 0 atom stereocenters. The molecule has 0 bridgehead atoms. The first-order valence-corrected chi connectivity index (χ1v) is 8.10. The minimum absolute atomic E-state index is 0.0537. The van der Waals surface area contributed by atoms with E-state index in [4.69, 9.17) is 0 Å². The summed E-state index contributed by atoms with van der Waals surface area (Å²) in [5, 5.41) is 10.0. The number of nitrogens with zero attached hydrogens (tertiary/aromatic N) is 1. The first-order chi connectivity index (χ1) is 9.40. The van der Waals surface area contributed by atoms with Crippen LogP contribution in [0.3, 0.4) is 0 Å². The highest BCUT2D eigenvalue weighted by atomic mass is 127. The molecule has 0 aliphatic rings. The minimum atomic E-state index is -0.480. The lowest BCUT2D eigenvalue weighted by Gasteiger charge is -2.21. The molecule has 0 radical (unpaired) electrons. The van der Waals surface area contributed by atoms with Crippen molar-refractivity contribution in [1.29, 1.82) is 0 Å². The number of benzene rings is 1. The summed E-state index contributed by atoms with van der Waals surface area (Å²) < 4.78 is 6.05. The van der Waals surface area contributed by atoms with Crippen molar-refractivity contribution < 1.29 is 19.4 Å². The van der Waals surface area contributed by atoms with Gasteiger partial charge in [-0.05, 0) is 63.7 Å². The lowest BCUT2D eigenvalue weighted by Crippen LogP contribution is -2.37. The molecule has 20 heavy (non-hydrogen) atoms. The number of phenolic OH excluding ortho intramolecular Hbond substituents is 1. The topological polar surface area (TPSA) is 66.8 Å². The Labute approximate surface area is 145 Å². The number of carbonyl (C=O) groups is 2. The monoisotopic (exact) mass is 503 g/mol. The molecule has 0 saturated carbocycles. The Kier molecular flexibility index (Phi) is 7.00. The Morgan fingerprint density at radius 2 is 2.00 bits per heavy atom. The van der Waals surface area contributed by atoms with Gasteiger partial charge in [0, 0.05) is 10.1 Å². The van der Waals surface area contributed by atoms with Crippen LogP contribution in [-0.2, 0) is 9.53 Å². The normalized spacial score (nSPS) is 10.2. The van der Waals surface area contributed by atoms with Gasteiger partial charge in [-0.3, -0.25) is 9.59 Å². The fourth-order valence-electron chi connectivity index (χ4n) is 1.64. The predicted octanol–water partition coefficient (Wildman–Crippen LogP) is 2.63. The number of methoxy groups -OCH3 is 1. The molecular formula is C13H15I2NO4. The quantitative estimate of drug-likeness (QED) is 0.496. The minimum Gasteiger partial charge on any atom is -0.506 e. The van der Waals surface area contributed by atoms with Gasteiger partial charge in [-0.1, -0.05) is 6.92 Å². The zero-order valence-electron chi connectivity index (χ0n) is 11.2. The Morgan fingerprint density at radius 3 is 2.55 bits per heavy atom. The fraction of sp³-hybridized carbons (Fsp3) is 0.385. The van der Waals surface area contributed by atoms with Gasteiger partial charge >= 0.3 is 5.97 Å². The third kappa shape index (κ3) is 4.47. The maximum absolute atomic E-state index is 12.5. The number of rotatable bonds is 5. The third-order valence-corrected chi connectivity index (χ3v) is 4.03. The summed E-state index contributed by atoms with van der Waals surface area (Å²) in [5.41, 5.74) is 0.207. The lowest BCUT2D eigenvalue weighted by molar-refractivity contribution is -0.141. The van der Waals surface area contributed by atoms with Gasteiger partial charge in [0.1, 0.15) is 12.3 Å². The Bertz CT molecular complexity index is 519. The molecule has 0 saturated heterocycles. The zero-order valence-corrected chi connectivity index (χ0v) is 15.5. The van der Waals surface area contributed by atoms with E-state index in [9.17, 15) is 14.7 Å². The summed E-state index contributed by atoms with van der Waals surface area (Å²) in [7, 11) is 1.28. The Morgan fingerprint density at radius 1 is 1.35 bits per heavy atom. The highest BCUT2D eigenvalue weighted by Gasteiger charge is 2.22. The van der Waals surface area contributed by atoms with E-state index in [1.165, 1.54) is 12.0 Å². The first kappa shape index (κ1) is 17.5. The number of phenols is 1. The highest BCUT2D eigenvalue weighted by Crippen LogP contribution is 2.28. The second-order valence-corrected chi connectivity index (χ2v) is 6.49. The predicted molar refractivity (Wildman–Crippen MR) is 91.8 cm³/mol. The number of amides is 1. The standard InChI is InChI=1S/C13H15I2NO4/c1-3-4-16(7-11(17)20-2)13(19)9-5-8(14)6-10(15)12(9)18/h5-6,18H,3-4,7H2,1-2H3. The molecule has 1 N–H and O–H groups in total. The van der Waals surface area contributed by atoms with E-state index in [1.807, 2.05) is 29.5 Å². The molecule has 0 aromatic heterocycles. The lowest BCUT2D eigenvalue weighted by atomic mass is 10.1. The molecule has 1 aromatic rings. The molecule has 5 nitrogen and oxygen atoms in total. The van der Waals surface area contributed by atoms with Crippen LogP contribution in [0, 0.1) is 7.14 Å². The van der Waals surface area contributed by atoms with E-state index in [-0.39, 0.29) is 23.8 Å². The number of hydrogen-bond donors (Lipinski definition) is 1. The van der Waals surface area contributed by atoms with Crippen LogP contribution in [0.15, 0.2) is 12.1 Å². The van der Waals surface area contributed by atoms with Crippen molar-refractivity contribution in [2.24, 2.45) is 0 Å². The van der Waals surface area contributed by atoms with Crippen molar-refractivity contribution in [1.82, 2.24) is 4.90 Å². The average molecular weight is 503 g/mol. The van der Waals surface area contributed by atoms with Crippen LogP contribution in [0.5, 0.6) is 5.75 Å². The van der Waals surface area contributed by atoms with Crippen LogP contribution in [0.2, 0.25) is 0 Å². The summed E-state index contributed by atoms with van der Waals surface area (Å²) in [4.78, 5) is 25.2. The van der Waals surface area contributed by atoms with Gasteiger partial charge in [0.2, 0.25) is 0 Å². The molecule has 0 spiro atoms. The van der Waals surface area contributed by atoms with Crippen molar-refractivity contribution in [3.05, 3.63) is 24.8 Å². The van der Waals surface area contributed by atoms with Gasteiger partial charge in [0.15, 0.2) is 0 Å². The maximum Gasteiger partial charge on any atom is 0.325 e. The molecule has 7 heteroatoms. The number of esters is 1. The third-order valence-electron chi connectivity index (χ3n) is 2.59. The van der Waals surface area contributed by atoms with E-state index in [2.05, 4.69) is 27.3 Å². The molecule has 1 amide bonds. The summed E-state index contributed by atoms with van der Waals surface area (Å²) in [6.45, 7) is 2.22. The van der Waals surface area contributed by atoms with E-state index in [0.717, 1.165) is 3.57 Å². The smallest absolute Gasteiger partial charge is 0.325 e. The SMILES string of the molecule is CCCN(CC(=O)OC)C(=O)c1cc(I)cc(I)c1O. The van der Waals surface area contributed by atoms with Crippen LogP contribution in [0.25, 0.3) is 0 Å². The van der Waals surface area contributed by atoms with Crippen molar-refractivity contribution in [3.8, 4) is 5.75 Å². The molecule has 0 unspecified atom stereocenters. The van der Waals surface area contributed by atoms with E-state index >= 15 is 0 Å². The molecule has 1 aromatic carbocycles. The number of ether oxygens (including phenoxy) is 1. The summed E-state index contributed by atoms with van der Waals surface area (Å²) in [6, 6.07) is 3.39. The van der Waals surface area contributed by atoms with Crippen LogP contribution in [0.1, 0.15) is 23.7 Å². The van der Waals surface area contributed by atoms with Crippen molar-refractivity contribution in [2.75, 3.05) is 20.2 Å². The molecular weight excluding hydrogens is 488 g/mol. The summed E-state index contributed by atoms with van der Waals surface area (Å²) >= 11 is 4.05. The van der Waals surface area contributed by atoms with Gasteiger partial charge in [-0.2, -0.15) is 0 Å². The fourth-order valence-corrected chi connectivity index (χ4v) is 3.49. The van der Waals surface area contributed by atoms with Gasteiger partial charge in [-0.15, -0.1) is 0 Å². The average Bonchev–Trinajstić information content (AvgIpc) is 2.41. The van der Waals surface area contributed by atoms with Crippen LogP contribution in [0.4, 0.5) is 0 Å². The van der Waals surface area contributed by atoms with Crippen LogP contribution < -0.4 is 0 Å². The first-order valence-electron chi connectivity index (χ1n) is 5.94. The molecule has 110 valence electrons. The number of halogens is 2. The van der Waals surface area contributed by atoms with E-state index < -0.39 is 5.97 Å². The highest BCUT2D eigenvalue weighted by molar-refractivity contribution is 14.1. The van der Waals surface area contributed by atoms with Crippen LogP contribution in [-0.4, -0.2) is 42.1 Å². The largest absolute Gasteiger partial charge is 0.506 e. The molecule has 0 fully saturated rings. The van der Waals surface area contributed by atoms with Crippen molar-refractivity contribution in [3.63, 3.8) is 0 Å². The molecule has 0 heterocycles. The molecule has 0 aliphatic heterocycles. The van der Waals surface area contributed by atoms with Gasteiger partial charge in [0.25, 0.3) is 5.91 Å². The van der Waals surface area contributed by atoms with Crippen molar-refractivity contribution >= 4 is 57.1 Å². The number of hydrogen-bond acceptors (Lipinski definition) is 4. The van der Waals surface area contributed by atoms with Gasteiger partial charge < -0.3 is 14.7 Å². The number of carbonyl (C=O) groups excluding carboxylic acids is 2. The zero-order chi connectivity index (χ0) is 15.3. The molecule has 0 aliphatic carbocycles. The molecule has 1 rings (SSSR count). The van der Waals surface area contributed by atoms with Crippen LogP contribution >= 0.6 is 45.2 Å². The number of aromatic hydroxyl groups is 1. The Hall–Kier alpha value is -0.580. The van der Waals surface area contributed by atoms with E-state index in [0.29, 0.717) is 16.5 Å². The van der Waals surface area contributed by atoms with E-state index in [1.54, 1.807) is 12.1 Å². The van der Waals surface area contributed by atoms with Gasteiger partial charge in [-0.25, -0.2) is 0 Å². The summed E-state index contributed by atoms with van der Waals surface area (Å²) in [6.07, 6.45) is 0.713. The Balaban J connectivity index is 3.09. The van der Waals surface area contributed by atoms with Crippen molar-refractivity contribution in [2.45, 2.75) is 13.3 Å².